The average molecular weight is 277 g/mol. The molecule has 106 valence electrons. The molecule has 0 fully saturated rings. The van der Waals surface area contributed by atoms with Gasteiger partial charge in [-0.15, -0.1) is 0 Å². The van der Waals surface area contributed by atoms with Crippen LogP contribution < -0.4 is 11.3 Å². The molecule has 0 spiro atoms. The molecule has 1 unspecified atom stereocenters. The SMILES string of the molecule is CCC(N)Cc1nc(O)c(-c2cccc(F)c2)c(=O)[nH]1. The highest BCUT2D eigenvalue weighted by Crippen LogP contribution is 2.23. The molecular formula is C14H16FN3O2. The molecule has 0 saturated carbocycles. The molecule has 5 nitrogen and oxygen atoms in total. The fourth-order valence-electron chi connectivity index (χ4n) is 1.90. The lowest BCUT2D eigenvalue weighted by Gasteiger charge is -2.09. The highest BCUT2D eigenvalue weighted by molar-refractivity contribution is 5.67. The van der Waals surface area contributed by atoms with Gasteiger partial charge in [-0.3, -0.25) is 4.79 Å². The fourth-order valence-corrected chi connectivity index (χ4v) is 1.90. The quantitative estimate of drug-likeness (QED) is 0.790. The standard InChI is InChI=1S/C14H16FN3O2/c1-2-10(16)7-11-17-13(19)12(14(20)18-11)8-4-3-5-9(15)6-8/h3-6,10H,2,7,16H2,1H3,(H2,17,18,19,20). The van der Waals surface area contributed by atoms with Gasteiger partial charge >= 0.3 is 0 Å². The van der Waals surface area contributed by atoms with Gasteiger partial charge in [-0.2, -0.15) is 4.98 Å². The zero-order chi connectivity index (χ0) is 14.7. The van der Waals surface area contributed by atoms with Crippen LogP contribution in [-0.2, 0) is 6.42 Å². The first-order valence-corrected chi connectivity index (χ1v) is 6.35. The summed E-state index contributed by atoms with van der Waals surface area (Å²) in [5, 5.41) is 9.91. The average Bonchev–Trinajstić information content (AvgIpc) is 2.37. The van der Waals surface area contributed by atoms with Crippen LogP contribution in [-0.4, -0.2) is 21.1 Å². The van der Waals surface area contributed by atoms with Crippen molar-refractivity contribution in [1.82, 2.24) is 9.97 Å². The minimum atomic E-state index is -0.513. The summed E-state index contributed by atoms with van der Waals surface area (Å²) >= 11 is 0. The first-order chi connectivity index (χ1) is 9.51. The number of halogens is 1. The molecule has 0 amide bonds. The number of nitrogens with two attached hydrogens (primary N) is 1. The molecule has 4 N–H and O–H groups in total. The maximum absolute atomic E-state index is 13.2. The molecule has 0 aliphatic heterocycles. The van der Waals surface area contributed by atoms with Crippen molar-refractivity contribution in [3.63, 3.8) is 0 Å². The summed E-state index contributed by atoms with van der Waals surface area (Å²) < 4.78 is 13.2. The van der Waals surface area contributed by atoms with Crippen molar-refractivity contribution in [2.75, 3.05) is 0 Å². The number of benzene rings is 1. The van der Waals surface area contributed by atoms with Crippen LogP contribution in [0.5, 0.6) is 5.88 Å². The highest BCUT2D eigenvalue weighted by Gasteiger charge is 2.14. The summed E-state index contributed by atoms with van der Waals surface area (Å²) in [7, 11) is 0. The minimum Gasteiger partial charge on any atom is -0.493 e. The molecule has 0 radical (unpaired) electrons. The number of nitrogens with one attached hydrogen (secondary N) is 1. The van der Waals surface area contributed by atoms with Crippen LogP contribution >= 0.6 is 0 Å². The molecule has 0 aliphatic carbocycles. The molecule has 1 atom stereocenters. The second-order valence-electron chi connectivity index (χ2n) is 4.59. The number of aromatic amines is 1. The number of nitrogens with zero attached hydrogens (tertiary/aromatic N) is 1. The van der Waals surface area contributed by atoms with Crippen molar-refractivity contribution >= 4 is 0 Å². The van der Waals surface area contributed by atoms with Crippen molar-refractivity contribution < 1.29 is 9.50 Å². The topological polar surface area (TPSA) is 92.0 Å². The van der Waals surface area contributed by atoms with Gasteiger partial charge in [-0.05, 0) is 24.1 Å². The zero-order valence-corrected chi connectivity index (χ0v) is 11.1. The maximum atomic E-state index is 13.2. The molecule has 6 heteroatoms. The predicted octanol–water partition coefficient (Wildman–Crippen LogP) is 1.56. The van der Waals surface area contributed by atoms with Crippen LogP contribution in [0, 0.1) is 5.82 Å². The number of hydrogen-bond acceptors (Lipinski definition) is 4. The lowest BCUT2D eigenvalue weighted by Crippen LogP contribution is -2.25. The Labute approximate surface area is 115 Å². The van der Waals surface area contributed by atoms with E-state index >= 15 is 0 Å². The highest BCUT2D eigenvalue weighted by atomic mass is 19.1. The summed E-state index contributed by atoms with van der Waals surface area (Å²) in [5.74, 6) is -0.585. The molecular weight excluding hydrogens is 261 g/mol. The second kappa shape index (κ2) is 5.83. The lowest BCUT2D eigenvalue weighted by molar-refractivity contribution is 0.448. The van der Waals surface area contributed by atoms with Crippen molar-refractivity contribution in [2.45, 2.75) is 25.8 Å². The summed E-state index contributed by atoms with van der Waals surface area (Å²) in [4.78, 5) is 18.5. The van der Waals surface area contributed by atoms with Crippen LogP contribution in [0.1, 0.15) is 19.2 Å². The molecule has 0 aliphatic rings. The lowest BCUT2D eigenvalue weighted by atomic mass is 10.1. The molecule has 2 aromatic rings. The Morgan fingerprint density at radius 1 is 1.50 bits per heavy atom. The third-order valence-electron chi connectivity index (χ3n) is 3.04. The van der Waals surface area contributed by atoms with E-state index in [9.17, 15) is 14.3 Å². The molecule has 1 heterocycles. The number of hydrogen-bond donors (Lipinski definition) is 3. The summed E-state index contributed by atoms with van der Waals surface area (Å²) in [6.45, 7) is 1.92. The Morgan fingerprint density at radius 3 is 2.85 bits per heavy atom. The van der Waals surface area contributed by atoms with Crippen LogP contribution in [0.15, 0.2) is 29.1 Å². The van der Waals surface area contributed by atoms with E-state index in [1.807, 2.05) is 6.92 Å². The van der Waals surface area contributed by atoms with E-state index in [0.717, 1.165) is 6.42 Å². The van der Waals surface area contributed by atoms with Gasteiger partial charge in [0.15, 0.2) is 0 Å². The van der Waals surface area contributed by atoms with E-state index in [4.69, 9.17) is 5.73 Å². The van der Waals surface area contributed by atoms with Gasteiger partial charge in [0.05, 0.1) is 0 Å². The van der Waals surface area contributed by atoms with E-state index in [0.29, 0.717) is 12.2 Å². The molecule has 0 bridgehead atoms. The molecule has 1 aromatic heterocycles. The van der Waals surface area contributed by atoms with Crippen molar-refractivity contribution in [3.8, 4) is 17.0 Å². The monoisotopic (exact) mass is 277 g/mol. The Morgan fingerprint density at radius 2 is 2.25 bits per heavy atom. The van der Waals surface area contributed by atoms with Gasteiger partial charge < -0.3 is 15.8 Å². The van der Waals surface area contributed by atoms with Gasteiger partial charge in [0.25, 0.3) is 5.56 Å². The van der Waals surface area contributed by atoms with Gasteiger partial charge in [0.1, 0.15) is 17.2 Å². The molecule has 1 aromatic carbocycles. The van der Waals surface area contributed by atoms with Gasteiger partial charge in [0, 0.05) is 12.5 Å². The molecule has 0 saturated heterocycles. The van der Waals surface area contributed by atoms with E-state index in [-0.39, 0.29) is 17.2 Å². The Hall–Kier alpha value is -2.21. The second-order valence-corrected chi connectivity index (χ2v) is 4.59. The normalized spacial score (nSPS) is 12.3. The largest absolute Gasteiger partial charge is 0.493 e. The van der Waals surface area contributed by atoms with E-state index in [1.165, 1.54) is 24.3 Å². The smallest absolute Gasteiger partial charge is 0.262 e. The number of rotatable bonds is 4. The van der Waals surface area contributed by atoms with Crippen molar-refractivity contribution in [2.24, 2.45) is 5.73 Å². The van der Waals surface area contributed by atoms with Gasteiger partial charge in [-0.25, -0.2) is 4.39 Å². The predicted molar refractivity (Wildman–Crippen MR) is 73.9 cm³/mol. The Balaban J connectivity index is 2.44. The first kappa shape index (κ1) is 14.2. The fraction of sp³-hybridized carbons (Fsp3) is 0.286. The summed E-state index contributed by atoms with van der Waals surface area (Å²) in [6.07, 6.45) is 1.10. The zero-order valence-electron chi connectivity index (χ0n) is 11.1. The van der Waals surface area contributed by atoms with E-state index in [2.05, 4.69) is 9.97 Å². The third kappa shape index (κ3) is 3.03. The Bertz CT molecular complexity index is 670. The minimum absolute atomic E-state index is 0.0432. The van der Waals surface area contributed by atoms with Crippen LogP contribution in [0.4, 0.5) is 4.39 Å². The Kier molecular flexibility index (Phi) is 4.14. The van der Waals surface area contributed by atoms with E-state index < -0.39 is 17.3 Å². The van der Waals surface area contributed by atoms with Crippen LogP contribution in [0.3, 0.4) is 0 Å². The van der Waals surface area contributed by atoms with Gasteiger partial charge in [0.2, 0.25) is 5.88 Å². The molecule has 2 rings (SSSR count). The van der Waals surface area contributed by atoms with E-state index in [1.54, 1.807) is 0 Å². The van der Waals surface area contributed by atoms with Crippen molar-refractivity contribution in [3.05, 3.63) is 46.3 Å². The van der Waals surface area contributed by atoms with Crippen LogP contribution in [0.25, 0.3) is 11.1 Å². The number of aromatic hydroxyl groups is 1. The van der Waals surface area contributed by atoms with Crippen LogP contribution in [0.2, 0.25) is 0 Å². The summed E-state index contributed by atoms with van der Waals surface area (Å²) in [6, 6.07) is 5.29. The van der Waals surface area contributed by atoms with Gasteiger partial charge in [-0.1, -0.05) is 19.1 Å². The number of aromatic nitrogens is 2. The molecule has 20 heavy (non-hydrogen) atoms. The number of H-pyrrole nitrogens is 1. The third-order valence-corrected chi connectivity index (χ3v) is 3.04. The van der Waals surface area contributed by atoms with Crippen molar-refractivity contribution in [1.29, 1.82) is 0 Å². The maximum Gasteiger partial charge on any atom is 0.262 e. The first-order valence-electron chi connectivity index (χ1n) is 6.35. The summed E-state index contributed by atoms with van der Waals surface area (Å²) in [5.41, 5.74) is 5.51.